The molecule has 0 saturated heterocycles. The van der Waals surface area contributed by atoms with Gasteiger partial charge in [0.2, 0.25) is 5.69 Å². The van der Waals surface area contributed by atoms with Gasteiger partial charge < -0.3 is 4.90 Å². The lowest BCUT2D eigenvalue weighted by Crippen LogP contribution is -2.18. The van der Waals surface area contributed by atoms with Crippen molar-refractivity contribution in [1.82, 2.24) is 15.0 Å². The van der Waals surface area contributed by atoms with Gasteiger partial charge in [-0.25, -0.2) is 0 Å². The van der Waals surface area contributed by atoms with E-state index in [0.717, 1.165) is 5.56 Å². The minimum absolute atomic E-state index is 0.0159. The SMILES string of the molecule is CN(Cc1ccccc1)c1nn(-c2ccc([N+](=O)[O-])cc2)nc1C#N. The minimum atomic E-state index is -0.472. The highest BCUT2D eigenvalue weighted by atomic mass is 16.6. The number of non-ortho nitro benzene ring substituents is 1. The summed E-state index contributed by atoms with van der Waals surface area (Å²) in [6.45, 7) is 0.578. The fraction of sp³-hybridized carbons (Fsp3) is 0.118. The second-order valence-corrected chi connectivity index (χ2v) is 5.39. The van der Waals surface area contributed by atoms with E-state index in [9.17, 15) is 15.4 Å². The molecule has 0 unspecified atom stereocenters. The maximum atomic E-state index is 10.7. The average Bonchev–Trinajstić information content (AvgIpc) is 3.07. The number of nitrogens with zero attached hydrogens (tertiary/aromatic N) is 6. The molecule has 0 atom stereocenters. The zero-order valence-corrected chi connectivity index (χ0v) is 13.4. The van der Waals surface area contributed by atoms with Gasteiger partial charge in [0.1, 0.15) is 6.07 Å². The quantitative estimate of drug-likeness (QED) is 0.525. The number of benzene rings is 2. The molecule has 0 bridgehead atoms. The summed E-state index contributed by atoms with van der Waals surface area (Å²) in [7, 11) is 1.83. The van der Waals surface area contributed by atoms with Crippen LogP contribution in [-0.4, -0.2) is 27.0 Å². The molecule has 2 aromatic carbocycles. The number of hydrogen-bond acceptors (Lipinski definition) is 6. The third kappa shape index (κ3) is 3.45. The van der Waals surface area contributed by atoms with Crippen molar-refractivity contribution < 1.29 is 4.92 Å². The van der Waals surface area contributed by atoms with Gasteiger partial charge in [0.05, 0.1) is 10.6 Å². The smallest absolute Gasteiger partial charge is 0.269 e. The lowest BCUT2D eigenvalue weighted by Gasteiger charge is -2.15. The van der Waals surface area contributed by atoms with Crippen molar-refractivity contribution in [2.24, 2.45) is 0 Å². The molecular weight excluding hydrogens is 320 g/mol. The van der Waals surface area contributed by atoms with E-state index in [-0.39, 0.29) is 11.4 Å². The number of anilines is 1. The van der Waals surface area contributed by atoms with Gasteiger partial charge in [-0.05, 0) is 17.7 Å². The van der Waals surface area contributed by atoms with Crippen LogP contribution in [0.25, 0.3) is 5.69 Å². The summed E-state index contributed by atoms with van der Waals surface area (Å²) < 4.78 is 0. The second kappa shape index (κ2) is 6.80. The normalized spacial score (nSPS) is 10.2. The van der Waals surface area contributed by atoms with Crippen molar-refractivity contribution in [3.05, 3.63) is 76.0 Å². The third-order valence-corrected chi connectivity index (χ3v) is 3.62. The number of nitro groups is 1. The lowest BCUT2D eigenvalue weighted by atomic mass is 10.2. The zero-order valence-electron chi connectivity index (χ0n) is 13.4. The van der Waals surface area contributed by atoms with Gasteiger partial charge in [-0.2, -0.15) is 5.26 Å². The Hall–Kier alpha value is -3.73. The highest BCUT2D eigenvalue weighted by molar-refractivity contribution is 5.50. The van der Waals surface area contributed by atoms with E-state index in [4.69, 9.17) is 0 Å². The highest BCUT2D eigenvalue weighted by Crippen LogP contribution is 2.20. The fourth-order valence-corrected chi connectivity index (χ4v) is 2.38. The van der Waals surface area contributed by atoms with Gasteiger partial charge in [0.25, 0.3) is 5.69 Å². The fourth-order valence-electron chi connectivity index (χ4n) is 2.38. The summed E-state index contributed by atoms with van der Waals surface area (Å²) >= 11 is 0. The van der Waals surface area contributed by atoms with E-state index in [1.165, 1.54) is 16.9 Å². The molecule has 1 aromatic heterocycles. The van der Waals surface area contributed by atoms with Gasteiger partial charge in [-0.3, -0.25) is 10.1 Å². The summed E-state index contributed by atoms with van der Waals surface area (Å²) in [4.78, 5) is 13.4. The van der Waals surface area contributed by atoms with Crippen LogP contribution in [0.2, 0.25) is 0 Å². The Morgan fingerprint density at radius 1 is 1.16 bits per heavy atom. The Bertz CT molecular complexity index is 928. The number of aromatic nitrogens is 3. The molecule has 0 aliphatic carbocycles. The summed E-state index contributed by atoms with van der Waals surface area (Å²) in [5.41, 5.74) is 1.80. The molecule has 0 aliphatic heterocycles. The summed E-state index contributed by atoms with van der Waals surface area (Å²) in [5, 5.41) is 28.6. The Kier molecular flexibility index (Phi) is 4.39. The van der Waals surface area contributed by atoms with Crippen molar-refractivity contribution in [1.29, 1.82) is 5.26 Å². The van der Waals surface area contributed by atoms with Gasteiger partial charge in [0.15, 0.2) is 5.82 Å². The first-order valence-corrected chi connectivity index (χ1v) is 7.46. The monoisotopic (exact) mass is 334 g/mol. The van der Waals surface area contributed by atoms with Crippen LogP contribution in [0, 0.1) is 21.4 Å². The van der Waals surface area contributed by atoms with Gasteiger partial charge in [0, 0.05) is 25.7 Å². The molecule has 0 N–H and O–H groups in total. The highest BCUT2D eigenvalue weighted by Gasteiger charge is 2.16. The van der Waals surface area contributed by atoms with Crippen LogP contribution in [0.3, 0.4) is 0 Å². The second-order valence-electron chi connectivity index (χ2n) is 5.39. The Balaban J connectivity index is 1.89. The number of nitro benzene ring substituents is 1. The van der Waals surface area contributed by atoms with E-state index < -0.39 is 4.92 Å². The predicted octanol–water partition coefficient (Wildman–Crippen LogP) is 2.68. The van der Waals surface area contributed by atoms with E-state index >= 15 is 0 Å². The molecule has 0 amide bonds. The molecular formula is C17H14N6O2. The molecule has 25 heavy (non-hydrogen) atoms. The van der Waals surface area contributed by atoms with Crippen molar-refractivity contribution in [2.75, 3.05) is 11.9 Å². The van der Waals surface area contributed by atoms with E-state index in [0.29, 0.717) is 18.1 Å². The topological polar surface area (TPSA) is 101 Å². The molecule has 3 aromatic rings. The van der Waals surface area contributed by atoms with Gasteiger partial charge in [-0.1, -0.05) is 30.3 Å². The number of hydrogen-bond donors (Lipinski definition) is 0. The maximum absolute atomic E-state index is 10.7. The molecule has 0 saturated carbocycles. The zero-order chi connectivity index (χ0) is 17.8. The molecule has 0 radical (unpaired) electrons. The van der Waals surface area contributed by atoms with Crippen molar-refractivity contribution in [3.8, 4) is 11.8 Å². The molecule has 0 spiro atoms. The minimum Gasteiger partial charge on any atom is -0.351 e. The molecule has 0 aliphatic rings. The van der Waals surface area contributed by atoms with Gasteiger partial charge >= 0.3 is 0 Å². The number of nitriles is 1. The van der Waals surface area contributed by atoms with Crippen LogP contribution < -0.4 is 4.90 Å². The van der Waals surface area contributed by atoms with E-state index in [1.807, 2.05) is 48.3 Å². The molecule has 0 fully saturated rings. The van der Waals surface area contributed by atoms with Crippen LogP contribution in [0.5, 0.6) is 0 Å². The Morgan fingerprint density at radius 3 is 2.44 bits per heavy atom. The first-order chi connectivity index (χ1) is 12.1. The van der Waals surface area contributed by atoms with Gasteiger partial charge in [-0.15, -0.1) is 15.0 Å². The third-order valence-electron chi connectivity index (χ3n) is 3.62. The Labute approximate surface area is 143 Å². The summed E-state index contributed by atoms with van der Waals surface area (Å²) in [6.07, 6.45) is 0. The van der Waals surface area contributed by atoms with Crippen molar-refractivity contribution >= 4 is 11.5 Å². The molecule has 124 valence electrons. The first kappa shape index (κ1) is 16.1. The van der Waals surface area contributed by atoms with Crippen molar-refractivity contribution in [2.45, 2.75) is 6.54 Å². The lowest BCUT2D eigenvalue weighted by molar-refractivity contribution is -0.384. The first-order valence-electron chi connectivity index (χ1n) is 7.46. The largest absolute Gasteiger partial charge is 0.351 e. The van der Waals surface area contributed by atoms with Crippen LogP contribution in [0.15, 0.2) is 54.6 Å². The molecule has 3 rings (SSSR count). The summed E-state index contributed by atoms with van der Waals surface area (Å²) in [5.74, 6) is 0.449. The molecule has 8 heteroatoms. The van der Waals surface area contributed by atoms with Crippen LogP contribution in [0.4, 0.5) is 11.5 Å². The van der Waals surface area contributed by atoms with Crippen LogP contribution >= 0.6 is 0 Å². The Morgan fingerprint density at radius 2 is 1.84 bits per heavy atom. The summed E-state index contributed by atoms with van der Waals surface area (Å²) in [6, 6.07) is 17.7. The van der Waals surface area contributed by atoms with E-state index in [1.54, 1.807) is 12.1 Å². The van der Waals surface area contributed by atoms with Crippen molar-refractivity contribution in [3.63, 3.8) is 0 Å². The average molecular weight is 334 g/mol. The predicted molar refractivity (Wildman–Crippen MR) is 91.3 cm³/mol. The number of rotatable bonds is 5. The van der Waals surface area contributed by atoms with Crippen LogP contribution in [0.1, 0.15) is 11.3 Å². The van der Waals surface area contributed by atoms with Crippen LogP contribution in [-0.2, 0) is 6.54 Å². The standard InChI is InChI=1S/C17H14N6O2/c1-21(12-13-5-3-2-4-6-13)17-16(11-18)19-22(20-17)14-7-9-15(10-8-14)23(24)25/h2-10H,12H2,1H3. The molecule has 8 nitrogen and oxygen atoms in total. The maximum Gasteiger partial charge on any atom is 0.269 e. The van der Waals surface area contributed by atoms with E-state index in [2.05, 4.69) is 10.2 Å². The molecule has 1 heterocycles.